The molecule has 8 nitrogen and oxygen atoms in total. The number of nitrogens with one attached hydrogen (secondary N) is 2. The molecule has 3 rings (SSSR count). The zero-order valence-corrected chi connectivity index (χ0v) is 17.3. The third-order valence-electron chi connectivity index (χ3n) is 4.79. The fourth-order valence-electron chi connectivity index (χ4n) is 3.46. The number of aromatic nitrogens is 1. The fraction of sp³-hybridized carbons (Fsp3) is 0.400. The van der Waals surface area contributed by atoms with E-state index < -0.39 is 16.1 Å². The van der Waals surface area contributed by atoms with Crippen molar-refractivity contribution < 1.29 is 22.7 Å². The average molecular weight is 420 g/mol. The first kappa shape index (κ1) is 21.1. The molecular formula is C20H25N3O5S. The Labute approximate surface area is 170 Å². The van der Waals surface area contributed by atoms with E-state index in [1.165, 1.54) is 14.2 Å². The van der Waals surface area contributed by atoms with Gasteiger partial charge in [0.05, 0.1) is 18.6 Å². The first-order valence-corrected chi connectivity index (χ1v) is 11.0. The van der Waals surface area contributed by atoms with Crippen molar-refractivity contribution in [2.75, 3.05) is 31.9 Å². The molecule has 1 heterocycles. The van der Waals surface area contributed by atoms with Crippen LogP contribution in [0, 0.1) is 0 Å². The highest BCUT2D eigenvalue weighted by Gasteiger charge is 2.22. The standard InChI is InChI=1S/C20H25N3O5S/c1-27-11-4-12-29(25,26)23-20(24)22-19-16-6-3-5-14(16)7-8-17(19)15-9-10-21-18(13-15)28-2/h7-10,13H,3-6,11-12H2,1-2H3,(H2,22,23,24). The van der Waals surface area contributed by atoms with Crippen molar-refractivity contribution in [3.05, 3.63) is 41.6 Å². The van der Waals surface area contributed by atoms with E-state index in [1.54, 1.807) is 12.3 Å². The van der Waals surface area contributed by atoms with Crippen molar-refractivity contribution >= 4 is 21.7 Å². The lowest BCUT2D eigenvalue weighted by atomic mass is 9.98. The highest BCUT2D eigenvalue weighted by atomic mass is 32.2. The van der Waals surface area contributed by atoms with Crippen LogP contribution in [-0.4, -0.2) is 46.0 Å². The van der Waals surface area contributed by atoms with Crippen molar-refractivity contribution in [1.29, 1.82) is 0 Å². The number of fused-ring (bicyclic) bond motifs is 1. The normalized spacial score (nSPS) is 13.0. The third-order valence-corrected chi connectivity index (χ3v) is 6.11. The molecule has 0 unspecified atom stereocenters. The summed E-state index contributed by atoms with van der Waals surface area (Å²) in [6, 6.07) is 6.81. The fourth-order valence-corrected chi connectivity index (χ4v) is 4.40. The van der Waals surface area contributed by atoms with Gasteiger partial charge in [-0.25, -0.2) is 22.9 Å². The van der Waals surface area contributed by atoms with E-state index in [9.17, 15) is 13.2 Å². The molecule has 1 aromatic heterocycles. The Morgan fingerprint density at radius 2 is 2.03 bits per heavy atom. The monoisotopic (exact) mass is 419 g/mol. The summed E-state index contributed by atoms with van der Waals surface area (Å²) >= 11 is 0. The number of aryl methyl sites for hydroxylation is 1. The summed E-state index contributed by atoms with van der Waals surface area (Å²) < 4.78 is 36.4. The Balaban J connectivity index is 1.88. The molecule has 1 aliphatic carbocycles. The van der Waals surface area contributed by atoms with E-state index in [0.29, 0.717) is 24.6 Å². The van der Waals surface area contributed by atoms with Crippen molar-refractivity contribution in [2.45, 2.75) is 25.7 Å². The third kappa shape index (κ3) is 5.24. The van der Waals surface area contributed by atoms with Gasteiger partial charge in [0.25, 0.3) is 0 Å². The molecule has 9 heteroatoms. The number of hydrogen-bond acceptors (Lipinski definition) is 6. The number of nitrogens with zero attached hydrogens (tertiary/aromatic N) is 1. The van der Waals surface area contributed by atoms with Crippen LogP contribution in [0.5, 0.6) is 5.88 Å². The summed E-state index contributed by atoms with van der Waals surface area (Å²) in [6.45, 7) is 0.308. The second-order valence-electron chi connectivity index (χ2n) is 6.79. The van der Waals surface area contributed by atoms with Gasteiger partial charge in [0.1, 0.15) is 0 Å². The zero-order valence-electron chi connectivity index (χ0n) is 16.5. The predicted octanol–water partition coefficient (Wildman–Crippen LogP) is 2.73. The maximum absolute atomic E-state index is 12.5. The molecule has 2 amide bonds. The molecule has 1 aliphatic rings. The Hall–Kier alpha value is -2.65. The molecule has 2 N–H and O–H groups in total. The van der Waals surface area contributed by atoms with Crippen LogP contribution in [0.2, 0.25) is 0 Å². The number of amides is 2. The van der Waals surface area contributed by atoms with E-state index in [0.717, 1.165) is 41.5 Å². The van der Waals surface area contributed by atoms with Crippen LogP contribution < -0.4 is 14.8 Å². The Morgan fingerprint density at radius 3 is 2.79 bits per heavy atom. The number of pyridine rings is 1. The zero-order chi connectivity index (χ0) is 20.9. The number of hydrogen-bond donors (Lipinski definition) is 2. The maximum atomic E-state index is 12.5. The molecule has 0 saturated carbocycles. The number of methoxy groups -OCH3 is 2. The van der Waals surface area contributed by atoms with Gasteiger partial charge in [-0.3, -0.25) is 0 Å². The van der Waals surface area contributed by atoms with Crippen LogP contribution in [0.25, 0.3) is 11.1 Å². The molecule has 0 bridgehead atoms. The lowest BCUT2D eigenvalue weighted by Gasteiger charge is -2.17. The van der Waals surface area contributed by atoms with Gasteiger partial charge in [-0.2, -0.15) is 0 Å². The Morgan fingerprint density at radius 1 is 1.21 bits per heavy atom. The van der Waals surface area contributed by atoms with Crippen molar-refractivity contribution in [3.8, 4) is 17.0 Å². The van der Waals surface area contributed by atoms with Gasteiger partial charge in [-0.15, -0.1) is 0 Å². The lowest BCUT2D eigenvalue weighted by molar-refractivity contribution is 0.199. The van der Waals surface area contributed by atoms with Gasteiger partial charge in [0, 0.05) is 31.5 Å². The first-order valence-electron chi connectivity index (χ1n) is 9.39. The number of sulfonamides is 1. The number of urea groups is 1. The van der Waals surface area contributed by atoms with Gasteiger partial charge in [-0.05, 0) is 48.4 Å². The molecule has 0 aliphatic heterocycles. The SMILES string of the molecule is COCCCS(=O)(=O)NC(=O)Nc1c(-c2ccnc(OC)c2)ccc2c1CCC2. The van der Waals surface area contributed by atoms with Crippen LogP contribution in [-0.2, 0) is 27.6 Å². The molecule has 2 aromatic rings. The van der Waals surface area contributed by atoms with Crippen LogP contribution >= 0.6 is 0 Å². The predicted molar refractivity (Wildman–Crippen MR) is 111 cm³/mol. The molecule has 1 aromatic carbocycles. The molecule has 0 fully saturated rings. The molecule has 0 saturated heterocycles. The summed E-state index contributed by atoms with van der Waals surface area (Å²) in [7, 11) is -0.711. The smallest absolute Gasteiger partial charge is 0.332 e. The minimum Gasteiger partial charge on any atom is -0.481 e. The van der Waals surface area contributed by atoms with E-state index in [4.69, 9.17) is 9.47 Å². The Kier molecular flexibility index (Phi) is 6.71. The number of rotatable bonds is 8. The van der Waals surface area contributed by atoms with Crippen molar-refractivity contribution in [1.82, 2.24) is 9.71 Å². The summed E-state index contributed by atoms with van der Waals surface area (Å²) in [5.74, 6) is 0.273. The maximum Gasteiger partial charge on any atom is 0.332 e. The number of carbonyl (C=O) groups excluding carboxylic acids is 1. The minimum atomic E-state index is -3.75. The van der Waals surface area contributed by atoms with Gasteiger partial charge in [-0.1, -0.05) is 12.1 Å². The second kappa shape index (κ2) is 9.23. The van der Waals surface area contributed by atoms with Crippen LogP contribution in [0.3, 0.4) is 0 Å². The number of benzene rings is 1. The number of anilines is 1. The lowest BCUT2D eigenvalue weighted by Crippen LogP contribution is -2.36. The van der Waals surface area contributed by atoms with Gasteiger partial charge >= 0.3 is 6.03 Å². The van der Waals surface area contributed by atoms with E-state index in [-0.39, 0.29) is 5.75 Å². The summed E-state index contributed by atoms with van der Waals surface area (Å²) in [5.41, 5.74) is 4.43. The number of ether oxygens (including phenoxy) is 2. The Bertz CT molecular complexity index is 992. The second-order valence-corrected chi connectivity index (χ2v) is 8.63. The molecule has 0 atom stereocenters. The molecule has 156 valence electrons. The quantitative estimate of drug-likeness (QED) is 0.637. The van der Waals surface area contributed by atoms with Gasteiger partial charge in [0.15, 0.2) is 0 Å². The highest BCUT2D eigenvalue weighted by Crippen LogP contribution is 2.38. The first-order chi connectivity index (χ1) is 13.9. The van der Waals surface area contributed by atoms with E-state index >= 15 is 0 Å². The summed E-state index contributed by atoms with van der Waals surface area (Å²) in [5, 5.41) is 2.77. The largest absolute Gasteiger partial charge is 0.481 e. The molecule has 29 heavy (non-hydrogen) atoms. The minimum absolute atomic E-state index is 0.185. The molecule has 0 radical (unpaired) electrons. The molecule has 0 spiro atoms. The highest BCUT2D eigenvalue weighted by molar-refractivity contribution is 7.90. The van der Waals surface area contributed by atoms with Crippen molar-refractivity contribution in [2.24, 2.45) is 0 Å². The van der Waals surface area contributed by atoms with Crippen LogP contribution in [0.1, 0.15) is 24.0 Å². The number of carbonyl (C=O) groups is 1. The van der Waals surface area contributed by atoms with E-state index in [2.05, 4.69) is 21.1 Å². The average Bonchev–Trinajstić information content (AvgIpc) is 3.17. The van der Waals surface area contributed by atoms with Gasteiger partial charge in [0.2, 0.25) is 15.9 Å². The van der Waals surface area contributed by atoms with Crippen LogP contribution in [0.15, 0.2) is 30.5 Å². The van der Waals surface area contributed by atoms with Crippen molar-refractivity contribution in [3.63, 3.8) is 0 Å². The van der Waals surface area contributed by atoms with E-state index in [1.807, 2.05) is 12.1 Å². The topological polar surface area (TPSA) is 107 Å². The molecular weight excluding hydrogens is 394 g/mol. The summed E-state index contributed by atoms with van der Waals surface area (Å²) in [6.07, 6.45) is 4.68. The summed E-state index contributed by atoms with van der Waals surface area (Å²) in [4.78, 5) is 16.6. The van der Waals surface area contributed by atoms with Crippen LogP contribution in [0.4, 0.5) is 10.5 Å². The van der Waals surface area contributed by atoms with Gasteiger partial charge < -0.3 is 14.8 Å².